The van der Waals surface area contributed by atoms with Crippen LogP contribution in [0.1, 0.15) is 30.4 Å². The molecule has 0 N–H and O–H groups in total. The first kappa shape index (κ1) is 15.8. The Morgan fingerprint density at radius 1 is 0.900 bits per heavy atom. The number of hydrogen-bond acceptors (Lipinski definition) is 2. The standard InChI is InChI=1S/2C9H10O/c1-8(7-10)9-5-3-2-4-6-9;10-8-4-7-9-5-2-1-3-6-9/h2-8H,1H3;1-3,5-6,8H,4,7H2. The molecule has 0 aliphatic heterocycles. The van der Waals surface area contributed by atoms with Crippen molar-refractivity contribution < 1.29 is 9.59 Å². The number of rotatable bonds is 5. The molecule has 0 fully saturated rings. The van der Waals surface area contributed by atoms with Crippen molar-refractivity contribution in [1.29, 1.82) is 0 Å². The number of aldehydes is 2. The lowest BCUT2D eigenvalue weighted by molar-refractivity contribution is -0.109. The molecule has 1 unspecified atom stereocenters. The van der Waals surface area contributed by atoms with E-state index in [4.69, 9.17) is 0 Å². The van der Waals surface area contributed by atoms with Crippen LogP contribution in [0.3, 0.4) is 0 Å². The zero-order valence-corrected chi connectivity index (χ0v) is 11.7. The summed E-state index contributed by atoms with van der Waals surface area (Å²) in [6.45, 7) is 1.89. The molecule has 2 heteroatoms. The summed E-state index contributed by atoms with van der Waals surface area (Å²) >= 11 is 0. The number of aryl methyl sites for hydroxylation is 1. The van der Waals surface area contributed by atoms with Crippen LogP contribution in [0.15, 0.2) is 60.7 Å². The normalized spacial score (nSPS) is 10.8. The molecule has 2 aromatic carbocycles. The van der Waals surface area contributed by atoms with Crippen LogP contribution in [0.25, 0.3) is 0 Å². The van der Waals surface area contributed by atoms with Gasteiger partial charge in [-0.3, -0.25) is 0 Å². The smallest absolute Gasteiger partial charge is 0.127 e. The molecule has 2 rings (SSSR count). The van der Waals surface area contributed by atoms with Crippen molar-refractivity contribution >= 4 is 12.6 Å². The molecule has 1 atom stereocenters. The summed E-state index contributed by atoms with van der Waals surface area (Å²) in [5, 5.41) is 0. The van der Waals surface area contributed by atoms with Crippen LogP contribution in [0.4, 0.5) is 0 Å². The van der Waals surface area contributed by atoms with Gasteiger partial charge in [-0.2, -0.15) is 0 Å². The molecular formula is C18H20O2. The van der Waals surface area contributed by atoms with E-state index < -0.39 is 0 Å². The van der Waals surface area contributed by atoms with E-state index in [0.29, 0.717) is 6.42 Å². The molecule has 0 saturated heterocycles. The van der Waals surface area contributed by atoms with Gasteiger partial charge in [-0.05, 0) is 17.5 Å². The minimum atomic E-state index is 0.0289. The Morgan fingerprint density at radius 3 is 1.95 bits per heavy atom. The number of benzene rings is 2. The van der Waals surface area contributed by atoms with Crippen LogP contribution >= 0.6 is 0 Å². The van der Waals surface area contributed by atoms with Gasteiger partial charge in [0.2, 0.25) is 0 Å². The highest BCUT2D eigenvalue weighted by Gasteiger charge is 1.99. The first-order chi connectivity index (χ1) is 9.77. The number of carbonyl (C=O) groups excluding carboxylic acids is 2. The highest BCUT2D eigenvalue weighted by molar-refractivity contribution is 5.61. The summed E-state index contributed by atoms with van der Waals surface area (Å²) in [6.07, 6.45) is 3.40. The molecule has 104 valence electrons. The molecule has 0 radical (unpaired) electrons. The minimum absolute atomic E-state index is 0.0289. The zero-order chi connectivity index (χ0) is 14.6. The fourth-order valence-corrected chi connectivity index (χ4v) is 1.71. The second-order valence-electron chi connectivity index (χ2n) is 4.53. The summed E-state index contributed by atoms with van der Waals surface area (Å²) in [4.78, 5) is 20.3. The zero-order valence-electron chi connectivity index (χ0n) is 11.7. The van der Waals surface area contributed by atoms with Gasteiger partial charge in [0, 0.05) is 12.3 Å². The molecule has 20 heavy (non-hydrogen) atoms. The lowest BCUT2D eigenvalue weighted by atomic mass is 10.0. The van der Waals surface area contributed by atoms with E-state index in [1.807, 2.05) is 67.6 Å². The summed E-state index contributed by atoms with van der Waals surface area (Å²) < 4.78 is 0. The van der Waals surface area contributed by atoms with Crippen molar-refractivity contribution in [3.8, 4) is 0 Å². The molecule has 0 spiro atoms. The van der Waals surface area contributed by atoms with E-state index in [1.54, 1.807) is 0 Å². The van der Waals surface area contributed by atoms with Gasteiger partial charge in [0.05, 0.1) is 0 Å². The van der Waals surface area contributed by atoms with Crippen LogP contribution in [0.2, 0.25) is 0 Å². The Bertz CT molecular complexity index is 491. The van der Waals surface area contributed by atoms with Crippen molar-refractivity contribution in [2.24, 2.45) is 0 Å². The van der Waals surface area contributed by atoms with Crippen molar-refractivity contribution in [3.05, 3.63) is 71.8 Å². The van der Waals surface area contributed by atoms with Crippen LogP contribution < -0.4 is 0 Å². The average molecular weight is 268 g/mol. The van der Waals surface area contributed by atoms with Crippen molar-refractivity contribution in [1.82, 2.24) is 0 Å². The predicted octanol–water partition coefficient (Wildman–Crippen LogP) is 3.81. The van der Waals surface area contributed by atoms with E-state index in [-0.39, 0.29) is 5.92 Å². The van der Waals surface area contributed by atoms with Crippen LogP contribution in [0.5, 0.6) is 0 Å². The predicted molar refractivity (Wildman–Crippen MR) is 81.7 cm³/mol. The van der Waals surface area contributed by atoms with Gasteiger partial charge < -0.3 is 9.59 Å². The minimum Gasteiger partial charge on any atom is -0.303 e. The molecule has 0 aliphatic carbocycles. The Kier molecular flexibility index (Phi) is 7.66. The summed E-state index contributed by atoms with van der Waals surface area (Å²) in [5.74, 6) is 0.0289. The van der Waals surface area contributed by atoms with Crippen molar-refractivity contribution in [3.63, 3.8) is 0 Å². The maximum absolute atomic E-state index is 10.3. The summed E-state index contributed by atoms with van der Waals surface area (Å²) in [6, 6.07) is 19.8. The van der Waals surface area contributed by atoms with E-state index in [2.05, 4.69) is 0 Å². The van der Waals surface area contributed by atoms with Crippen LogP contribution in [0, 0.1) is 0 Å². The van der Waals surface area contributed by atoms with Gasteiger partial charge in [-0.15, -0.1) is 0 Å². The Hall–Kier alpha value is -2.22. The van der Waals surface area contributed by atoms with Crippen molar-refractivity contribution in [2.75, 3.05) is 0 Å². The molecule has 0 amide bonds. The molecule has 0 heterocycles. The third-order valence-corrected chi connectivity index (χ3v) is 2.92. The molecular weight excluding hydrogens is 248 g/mol. The first-order valence-corrected chi connectivity index (χ1v) is 6.75. The molecule has 2 nitrogen and oxygen atoms in total. The van der Waals surface area contributed by atoms with E-state index >= 15 is 0 Å². The van der Waals surface area contributed by atoms with E-state index in [0.717, 1.165) is 24.6 Å². The lowest BCUT2D eigenvalue weighted by Crippen LogP contribution is -1.92. The van der Waals surface area contributed by atoms with Gasteiger partial charge in [-0.1, -0.05) is 67.6 Å². The maximum Gasteiger partial charge on any atom is 0.127 e. The second-order valence-corrected chi connectivity index (χ2v) is 4.53. The summed E-state index contributed by atoms with van der Waals surface area (Å²) in [5.41, 5.74) is 2.31. The first-order valence-electron chi connectivity index (χ1n) is 6.75. The van der Waals surface area contributed by atoms with E-state index in [9.17, 15) is 9.59 Å². The number of carbonyl (C=O) groups is 2. The molecule has 0 bridgehead atoms. The Balaban J connectivity index is 0.000000200. The quantitative estimate of drug-likeness (QED) is 0.773. The lowest BCUT2D eigenvalue weighted by Gasteiger charge is -2.00. The maximum atomic E-state index is 10.3. The summed E-state index contributed by atoms with van der Waals surface area (Å²) in [7, 11) is 0. The average Bonchev–Trinajstić information content (AvgIpc) is 2.54. The van der Waals surface area contributed by atoms with Gasteiger partial charge in [-0.25, -0.2) is 0 Å². The fraction of sp³-hybridized carbons (Fsp3) is 0.222. The largest absolute Gasteiger partial charge is 0.303 e. The monoisotopic (exact) mass is 268 g/mol. The molecule has 0 aromatic heterocycles. The van der Waals surface area contributed by atoms with Gasteiger partial charge in [0.15, 0.2) is 0 Å². The SMILES string of the molecule is CC(C=O)c1ccccc1.O=CCCc1ccccc1. The third kappa shape index (κ3) is 6.10. The van der Waals surface area contributed by atoms with Gasteiger partial charge in [0.25, 0.3) is 0 Å². The molecule has 2 aromatic rings. The van der Waals surface area contributed by atoms with Crippen molar-refractivity contribution in [2.45, 2.75) is 25.7 Å². The van der Waals surface area contributed by atoms with Crippen LogP contribution in [-0.2, 0) is 16.0 Å². The van der Waals surface area contributed by atoms with Gasteiger partial charge >= 0.3 is 0 Å². The fourth-order valence-electron chi connectivity index (χ4n) is 1.71. The van der Waals surface area contributed by atoms with E-state index in [1.165, 1.54) is 5.56 Å². The number of hydrogen-bond donors (Lipinski definition) is 0. The Morgan fingerprint density at radius 2 is 1.45 bits per heavy atom. The highest BCUT2D eigenvalue weighted by atomic mass is 16.1. The molecule has 0 saturated carbocycles. The third-order valence-electron chi connectivity index (χ3n) is 2.92. The van der Waals surface area contributed by atoms with Gasteiger partial charge in [0.1, 0.15) is 12.6 Å². The van der Waals surface area contributed by atoms with Crippen LogP contribution in [-0.4, -0.2) is 12.6 Å². The Labute approximate surface area is 120 Å². The topological polar surface area (TPSA) is 34.1 Å². The molecule has 0 aliphatic rings. The highest BCUT2D eigenvalue weighted by Crippen LogP contribution is 2.10. The second kappa shape index (κ2) is 9.68.